The highest BCUT2D eigenvalue weighted by molar-refractivity contribution is 7.11. The Bertz CT molecular complexity index is 534. The molecule has 0 unspecified atom stereocenters. The van der Waals surface area contributed by atoms with Crippen molar-refractivity contribution in [3.63, 3.8) is 0 Å². The summed E-state index contributed by atoms with van der Waals surface area (Å²) in [6.07, 6.45) is 1.37. The lowest BCUT2D eigenvalue weighted by atomic mass is 10.1. The zero-order valence-electron chi connectivity index (χ0n) is 9.76. The van der Waals surface area contributed by atoms with E-state index in [1.807, 2.05) is 13.8 Å². The number of thiazole rings is 1. The Morgan fingerprint density at radius 2 is 2.06 bits per heavy atom. The molecule has 1 heterocycles. The van der Waals surface area contributed by atoms with E-state index in [1.165, 1.54) is 12.1 Å². The van der Waals surface area contributed by atoms with Gasteiger partial charge in [-0.15, -0.1) is 11.3 Å². The van der Waals surface area contributed by atoms with E-state index in [1.54, 1.807) is 11.3 Å². The molecule has 0 saturated carbocycles. The highest BCUT2D eigenvalue weighted by Crippen LogP contribution is 2.23. The van der Waals surface area contributed by atoms with Crippen LogP contribution >= 0.6 is 11.3 Å². The van der Waals surface area contributed by atoms with E-state index in [0.717, 1.165) is 28.1 Å². The van der Waals surface area contributed by atoms with E-state index in [0.29, 0.717) is 12.0 Å². The highest BCUT2D eigenvalue weighted by atomic mass is 32.1. The first-order valence-corrected chi connectivity index (χ1v) is 6.31. The zero-order chi connectivity index (χ0) is 12.4. The molecular formula is C13H13F2NS. The Labute approximate surface area is 103 Å². The molecule has 0 atom stereocenters. The van der Waals surface area contributed by atoms with Crippen LogP contribution in [0, 0.1) is 18.6 Å². The fourth-order valence-corrected chi connectivity index (χ4v) is 2.67. The molecule has 0 spiro atoms. The van der Waals surface area contributed by atoms with Crippen molar-refractivity contribution in [3.8, 4) is 0 Å². The maximum atomic E-state index is 13.5. The van der Waals surface area contributed by atoms with Gasteiger partial charge in [-0.1, -0.05) is 13.0 Å². The van der Waals surface area contributed by atoms with Crippen LogP contribution in [0.4, 0.5) is 8.78 Å². The van der Waals surface area contributed by atoms with Crippen LogP contribution in [0.15, 0.2) is 18.2 Å². The first-order valence-electron chi connectivity index (χ1n) is 5.49. The summed E-state index contributed by atoms with van der Waals surface area (Å²) >= 11 is 1.60. The molecule has 1 nitrogen and oxygen atoms in total. The monoisotopic (exact) mass is 253 g/mol. The molecule has 2 rings (SSSR count). The number of halogens is 2. The van der Waals surface area contributed by atoms with E-state index < -0.39 is 11.6 Å². The second-order valence-electron chi connectivity index (χ2n) is 3.88. The van der Waals surface area contributed by atoms with Gasteiger partial charge in [0.2, 0.25) is 0 Å². The molecule has 1 aromatic heterocycles. The summed E-state index contributed by atoms with van der Waals surface area (Å²) in [5, 5.41) is 1.06. The summed E-state index contributed by atoms with van der Waals surface area (Å²) in [4.78, 5) is 5.44. The van der Waals surface area contributed by atoms with Crippen LogP contribution in [0.2, 0.25) is 0 Å². The van der Waals surface area contributed by atoms with Crippen LogP contribution in [0.1, 0.15) is 28.1 Å². The largest absolute Gasteiger partial charge is 0.246 e. The molecule has 4 heteroatoms. The molecule has 90 valence electrons. The van der Waals surface area contributed by atoms with Crippen molar-refractivity contribution in [2.45, 2.75) is 26.7 Å². The average Bonchev–Trinajstić information content (AvgIpc) is 2.64. The second-order valence-corrected chi connectivity index (χ2v) is 5.05. The topological polar surface area (TPSA) is 12.9 Å². The smallest absolute Gasteiger partial charge is 0.129 e. The minimum atomic E-state index is -0.540. The molecule has 0 bridgehead atoms. The van der Waals surface area contributed by atoms with E-state index in [9.17, 15) is 8.78 Å². The standard InChI is InChI=1S/C13H13F2NS/c1-3-13-16-8(2)12(17-13)6-9-4-5-10(14)7-11(9)15/h4-5,7H,3,6H2,1-2H3. The molecule has 0 radical (unpaired) electrons. The molecule has 0 amide bonds. The molecule has 0 aliphatic heterocycles. The maximum absolute atomic E-state index is 13.5. The molecule has 0 N–H and O–H groups in total. The molecule has 1 aromatic carbocycles. The number of aromatic nitrogens is 1. The Hall–Kier alpha value is -1.29. The number of benzene rings is 1. The molecule has 0 fully saturated rings. The van der Waals surface area contributed by atoms with Gasteiger partial charge in [0.1, 0.15) is 11.6 Å². The highest BCUT2D eigenvalue weighted by Gasteiger charge is 2.10. The van der Waals surface area contributed by atoms with Crippen molar-refractivity contribution in [1.29, 1.82) is 0 Å². The van der Waals surface area contributed by atoms with Gasteiger partial charge < -0.3 is 0 Å². The van der Waals surface area contributed by atoms with Gasteiger partial charge in [0.15, 0.2) is 0 Å². The van der Waals surface area contributed by atoms with E-state index in [4.69, 9.17) is 0 Å². The Morgan fingerprint density at radius 3 is 2.65 bits per heavy atom. The first-order chi connectivity index (χ1) is 8.10. The first kappa shape index (κ1) is 12.2. The predicted molar refractivity (Wildman–Crippen MR) is 65.4 cm³/mol. The molecule has 17 heavy (non-hydrogen) atoms. The van der Waals surface area contributed by atoms with Crippen molar-refractivity contribution in [3.05, 3.63) is 51.0 Å². The molecular weight excluding hydrogens is 240 g/mol. The fourth-order valence-electron chi connectivity index (χ4n) is 1.64. The van der Waals surface area contributed by atoms with Crippen molar-refractivity contribution >= 4 is 11.3 Å². The second kappa shape index (κ2) is 4.92. The van der Waals surface area contributed by atoms with E-state index >= 15 is 0 Å². The van der Waals surface area contributed by atoms with Crippen LogP contribution < -0.4 is 0 Å². The van der Waals surface area contributed by atoms with Gasteiger partial charge in [-0.2, -0.15) is 0 Å². The number of hydrogen-bond acceptors (Lipinski definition) is 2. The third-order valence-corrected chi connectivity index (χ3v) is 3.91. The maximum Gasteiger partial charge on any atom is 0.129 e. The van der Waals surface area contributed by atoms with Crippen LogP contribution in [0.25, 0.3) is 0 Å². The van der Waals surface area contributed by atoms with E-state index in [2.05, 4.69) is 4.98 Å². The summed E-state index contributed by atoms with van der Waals surface area (Å²) < 4.78 is 26.3. The van der Waals surface area contributed by atoms with Crippen molar-refractivity contribution in [1.82, 2.24) is 4.98 Å². The Morgan fingerprint density at radius 1 is 1.29 bits per heavy atom. The number of rotatable bonds is 3. The zero-order valence-corrected chi connectivity index (χ0v) is 10.6. The molecule has 0 aliphatic carbocycles. The van der Waals surface area contributed by atoms with Crippen LogP contribution in [-0.4, -0.2) is 4.98 Å². The third-order valence-electron chi connectivity index (χ3n) is 2.61. The number of nitrogens with zero attached hydrogens (tertiary/aromatic N) is 1. The Kier molecular flexibility index (Phi) is 3.52. The van der Waals surface area contributed by atoms with Gasteiger partial charge in [-0.05, 0) is 25.0 Å². The van der Waals surface area contributed by atoms with Gasteiger partial charge in [0, 0.05) is 17.4 Å². The van der Waals surface area contributed by atoms with Crippen LogP contribution in [0.5, 0.6) is 0 Å². The number of hydrogen-bond donors (Lipinski definition) is 0. The average molecular weight is 253 g/mol. The lowest BCUT2D eigenvalue weighted by Crippen LogP contribution is -1.93. The normalized spacial score (nSPS) is 10.8. The van der Waals surface area contributed by atoms with Crippen molar-refractivity contribution < 1.29 is 8.78 Å². The summed E-state index contributed by atoms with van der Waals surface area (Å²) in [6.45, 7) is 3.97. The lowest BCUT2D eigenvalue weighted by molar-refractivity contribution is 0.575. The summed E-state index contributed by atoms with van der Waals surface area (Å²) in [6, 6.07) is 3.71. The van der Waals surface area contributed by atoms with Crippen molar-refractivity contribution in [2.24, 2.45) is 0 Å². The fraction of sp³-hybridized carbons (Fsp3) is 0.308. The minimum Gasteiger partial charge on any atom is -0.246 e. The molecule has 0 saturated heterocycles. The minimum absolute atomic E-state index is 0.482. The quantitative estimate of drug-likeness (QED) is 0.809. The van der Waals surface area contributed by atoms with Gasteiger partial charge in [0.05, 0.1) is 10.7 Å². The molecule has 0 aliphatic rings. The predicted octanol–water partition coefficient (Wildman–Crippen LogP) is 3.88. The van der Waals surface area contributed by atoms with Gasteiger partial charge in [-0.3, -0.25) is 0 Å². The van der Waals surface area contributed by atoms with Gasteiger partial charge in [0.25, 0.3) is 0 Å². The van der Waals surface area contributed by atoms with E-state index in [-0.39, 0.29) is 0 Å². The summed E-state index contributed by atoms with van der Waals surface area (Å²) in [5.74, 6) is -1.03. The Balaban J connectivity index is 2.27. The number of aryl methyl sites for hydroxylation is 2. The van der Waals surface area contributed by atoms with Gasteiger partial charge >= 0.3 is 0 Å². The third kappa shape index (κ3) is 2.69. The lowest BCUT2D eigenvalue weighted by Gasteiger charge is -2.01. The molecule has 2 aromatic rings. The summed E-state index contributed by atoms with van der Waals surface area (Å²) in [7, 11) is 0. The summed E-state index contributed by atoms with van der Waals surface area (Å²) in [5.41, 5.74) is 1.45. The SMILES string of the molecule is CCc1nc(C)c(Cc2ccc(F)cc2F)s1. The van der Waals surface area contributed by atoms with Gasteiger partial charge in [-0.25, -0.2) is 13.8 Å². The van der Waals surface area contributed by atoms with Crippen molar-refractivity contribution in [2.75, 3.05) is 0 Å². The van der Waals surface area contributed by atoms with Crippen LogP contribution in [0.3, 0.4) is 0 Å². The van der Waals surface area contributed by atoms with Crippen LogP contribution in [-0.2, 0) is 12.8 Å².